The maximum Gasteiger partial charge on any atom is 0.264 e. The first-order chi connectivity index (χ1) is 14.5. The lowest BCUT2D eigenvalue weighted by molar-refractivity contribution is 0.101. The van der Waals surface area contributed by atoms with Gasteiger partial charge in [0.15, 0.2) is 11.6 Å². The van der Waals surface area contributed by atoms with Crippen LogP contribution in [0, 0.1) is 11.6 Å². The van der Waals surface area contributed by atoms with Crippen LogP contribution in [0.5, 0.6) is 0 Å². The van der Waals surface area contributed by atoms with Gasteiger partial charge in [0.25, 0.3) is 5.78 Å². The van der Waals surface area contributed by atoms with Gasteiger partial charge in [-0.05, 0) is 36.4 Å². The molecule has 0 amide bonds. The fourth-order valence-corrected chi connectivity index (χ4v) is 3.19. The average Bonchev–Trinajstić information content (AvgIpc) is 3.44. The van der Waals surface area contributed by atoms with E-state index in [1.54, 1.807) is 24.5 Å². The smallest absolute Gasteiger partial charge is 0.264 e. The van der Waals surface area contributed by atoms with Gasteiger partial charge in [0.1, 0.15) is 11.6 Å². The normalized spacial score (nSPS) is 11.1. The van der Waals surface area contributed by atoms with E-state index in [1.807, 2.05) is 0 Å². The molecule has 2 heterocycles. The highest BCUT2D eigenvalue weighted by Gasteiger charge is 2.22. The molecule has 152 valence electrons. The molecular formula is C21H18F2N6O. The molecule has 4 rings (SSSR count). The number of imidazole rings is 2. The number of rotatable bonds is 6. The number of benzene rings is 2. The maximum atomic E-state index is 13.8. The lowest BCUT2D eigenvalue weighted by Gasteiger charge is -2.11. The zero-order valence-corrected chi connectivity index (χ0v) is 15.8. The molecule has 4 aromatic rings. The first-order valence-electron chi connectivity index (χ1n) is 9.12. The van der Waals surface area contributed by atoms with E-state index in [2.05, 4.69) is 9.97 Å². The van der Waals surface area contributed by atoms with Crippen LogP contribution >= 0.6 is 0 Å². The van der Waals surface area contributed by atoms with Crippen molar-refractivity contribution in [2.24, 2.45) is 11.5 Å². The Bertz CT molecular complexity index is 1140. The number of carbonyl (C=O) groups excluding carboxylic acids is 1. The summed E-state index contributed by atoms with van der Waals surface area (Å²) in [6.45, 7) is 0.0478. The monoisotopic (exact) mass is 408 g/mol. The fourth-order valence-electron chi connectivity index (χ4n) is 3.19. The van der Waals surface area contributed by atoms with Crippen molar-refractivity contribution in [2.45, 2.75) is 13.1 Å². The van der Waals surface area contributed by atoms with Gasteiger partial charge >= 0.3 is 0 Å². The summed E-state index contributed by atoms with van der Waals surface area (Å²) in [5, 5.41) is 0. The predicted octanol–water partition coefficient (Wildman–Crippen LogP) is 2.48. The lowest BCUT2D eigenvalue weighted by Crippen LogP contribution is -2.16. The van der Waals surface area contributed by atoms with E-state index < -0.39 is 17.4 Å². The number of halogens is 2. The molecule has 0 radical (unpaired) electrons. The average molecular weight is 408 g/mol. The van der Waals surface area contributed by atoms with Gasteiger partial charge in [-0.25, -0.2) is 18.7 Å². The first kappa shape index (κ1) is 19.6. The number of hydrogen-bond donors (Lipinski definition) is 2. The largest absolute Gasteiger partial charge is 0.326 e. The zero-order valence-electron chi connectivity index (χ0n) is 15.8. The van der Waals surface area contributed by atoms with E-state index in [0.717, 1.165) is 0 Å². The van der Waals surface area contributed by atoms with Gasteiger partial charge < -0.3 is 11.5 Å². The maximum absolute atomic E-state index is 13.8. The highest BCUT2D eigenvalue weighted by atomic mass is 19.1. The molecule has 0 saturated heterocycles. The lowest BCUT2D eigenvalue weighted by atomic mass is 10.1. The second-order valence-corrected chi connectivity index (χ2v) is 6.53. The summed E-state index contributed by atoms with van der Waals surface area (Å²) in [7, 11) is 0. The second-order valence-electron chi connectivity index (χ2n) is 6.53. The van der Waals surface area contributed by atoms with Gasteiger partial charge in [-0.15, -0.1) is 0 Å². The Hall–Kier alpha value is -3.69. The third kappa shape index (κ3) is 3.40. The van der Waals surface area contributed by atoms with Crippen LogP contribution in [0.4, 0.5) is 8.78 Å². The van der Waals surface area contributed by atoms with Crippen molar-refractivity contribution in [3.8, 4) is 11.4 Å². The summed E-state index contributed by atoms with van der Waals surface area (Å²) < 4.78 is 30.7. The fraction of sp³-hybridized carbons (Fsp3) is 0.0952. The molecule has 9 heteroatoms. The van der Waals surface area contributed by atoms with Crippen LogP contribution in [0.15, 0.2) is 61.2 Å². The van der Waals surface area contributed by atoms with Gasteiger partial charge in [-0.1, -0.05) is 0 Å². The Balaban J connectivity index is 1.75. The van der Waals surface area contributed by atoms with Crippen molar-refractivity contribution in [3.63, 3.8) is 0 Å². The Morgan fingerprint density at radius 1 is 0.800 bits per heavy atom. The minimum atomic E-state index is -0.456. The van der Waals surface area contributed by atoms with Crippen molar-refractivity contribution < 1.29 is 13.6 Å². The molecule has 0 aliphatic heterocycles. The first-order valence-corrected chi connectivity index (χ1v) is 9.12. The summed E-state index contributed by atoms with van der Waals surface area (Å²) >= 11 is 0. The molecule has 0 bridgehead atoms. The van der Waals surface area contributed by atoms with Gasteiger partial charge in [0, 0.05) is 60.4 Å². The molecular weight excluding hydrogens is 390 g/mol. The van der Waals surface area contributed by atoms with Crippen LogP contribution in [0.2, 0.25) is 0 Å². The molecule has 0 aliphatic carbocycles. The van der Waals surface area contributed by atoms with Crippen LogP contribution in [0.1, 0.15) is 27.6 Å². The van der Waals surface area contributed by atoms with Crippen LogP contribution in [0.3, 0.4) is 0 Å². The molecule has 4 N–H and O–H groups in total. The molecule has 30 heavy (non-hydrogen) atoms. The molecule has 2 aromatic carbocycles. The standard InChI is InChI=1S/C21H18F2N6O/c22-17-3-1-15(9-13(17)11-24)28-7-5-26-20(28)19(30)21-27-6-8-29(21)16-2-4-18(23)14(10-16)12-25/h1-10H,11-12,24-25H2. The van der Waals surface area contributed by atoms with Gasteiger partial charge in [-0.2, -0.15) is 0 Å². The minimum Gasteiger partial charge on any atom is -0.326 e. The Morgan fingerprint density at radius 3 is 1.63 bits per heavy atom. The van der Waals surface area contributed by atoms with Crippen molar-refractivity contribution >= 4 is 5.78 Å². The van der Waals surface area contributed by atoms with E-state index in [4.69, 9.17) is 11.5 Å². The van der Waals surface area contributed by atoms with Crippen LogP contribution < -0.4 is 11.5 Å². The third-order valence-electron chi connectivity index (χ3n) is 4.74. The number of hydrogen-bond acceptors (Lipinski definition) is 5. The number of carbonyl (C=O) groups is 1. The highest BCUT2D eigenvalue weighted by Crippen LogP contribution is 2.20. The third-order valence-corrected chi connectivity index (χ3v) is 4.74. The van der Waals surface area contributed by atoms with Crippen LogP contribution in [-0.4, -0.2) is 24.9 Å². The van der Waals surface area contributed by atoms with Gasteiger partial charge in [0.05, 0.1) is 0 Å². The van der Waals surface area contributed by atoms with E-state index in [-0.39, 0.29) is 24.7 Å². The van der Waals surface area contributed by atoms with E-state index in [1.165, 1.54) is 45.8 Å². The SMILES string of the molecule is NCc1cc(-n2ccnc2C(=O)c2nccn2-c2ccc(F)c(CN)c2)ccc1F. The molecule has 2 aromatic heterocycles. The van der Waals surface area contributed by atoms with Crippen molar-refractivity contribution in [1.29, 1.82) is 0 Å². The van der Waals surface area contributed by atoms with Crippen LogP contribution in [0.25, 0.3) is 11.4 Å². The number of nitrogens with two attached hydrogens (primary N) is 2. The molecule has 0 aliphatic rings. The topological polar surface area (TPSA) is 105 Å². The summed E-state index contributed by atoms with van der Waals surface area (Å²) in [5.41, 5.74) is 12.9. The number of nitrogens with zero attached hydrogens (tertiary/aromatic N) is 4. The van der Waals surface area contributed by atoms with Gasteiger partial charge in [0.2, 0.25) is 0 Å². The van der Waals surface area contributed by atoms with Crippen molar-refractivity contribution in [2.75, 3.05) is 0 Å². The summed E-state index contributed by atoms with van der Waals surface area (Å²) in [4.78, 5) is 21.6. The molecule has 0 fully saturated rings. The van der Waals surface area contributed by atoms with Crippen molar-refractivity contribution in [1.82, 2.24) is 19.1 Å². The molecule has 7 nitrogen and oxygen atoms in total. The highest BCUT2D eigenvalue weighted by molar-refractivity contribution is 6.05. The number of ketones is 1. The molecule has 0 spiro atoms. The van der Waals surface area contributed by atoms with E-state index >= 15 is 0 Å². The molecule has 0 atom stereocenters. The molecule has 0 unspecified atom stereocenters. The predicted molar refractivity (Wildman–Crippen MR) is 106 cm³/mol. The Morgan fingerprint density at radius 2 is 1.23 bits per heavy atom. The quantitative estimate of drug-likeness (QED) is 0.477. The summed E-state index contributed by atoms with van der Waals surface area (Å²) in [5.74, 6) is -1.10. The van der Waals surface area contributed by atoms with Gasteiger partial charge in [-0.3, -0.25) is 13.9 Å². The van der Waals surface area contributed by atoms with Crippen LogP contribution in [-0.2, 0) is 13.1 Å². The zero-order chi connectivity index (χ0) is 21.3. The number of aromatic nitrogens is 4. The minimum absolute atomic E-state index is 0.0239. The Labute approximate surface area is 170 Å². The van der Waals surface area contributed by atoms with E-state index in [0.29, 0.717) is 22.5 Å². The second kappa shape index (κ2) is 7.97. The summed E-state index contributed by atoms with van der Waals surface area (Å²) in [6, 6.07) is 8.78. The summed E-state index contributed by atoms with van der Waals surface area (Å²) in [6.07, 6.45) is 6.13. The molecule has 0 saturated carbocycles. The van der Waals surface area contributed by atoms with Crippen molar-refractivity contribution in [3.05, 3.63) is 95.6 Å². The van der Waals surface area contributed by atoms with E-state index in [9.17, 15) is 13.6 Å². The Kier molecular flexibility index (Phi) is 5.21.